The molecule has 1 heterocycles. The maximum Gasteiger partial charge on any atom is 0.416 e. The summed E-state index contributed by atoms with van der Waals surface area (Å²) in [6.45, 7) is 8.05. The predicted molar refractivity (Wildman–Crippen MR) is 85.7 cm³/mol. The maximum atomic E-state index is 12.4. The highest BCUT2D eigenvalue weighted by molar-refractivity contribution is 7.07. The monoisotopic (exact) mass is 304 g/mol. The first-order valence-corrected chi connectivity index (χ1v) is 7.74. The molecule has 112 valence electrons. The van der Waals surface area contributed by atoms with Gasteiger partial charge < -0.3 is 4.74 Å². The molecule has 0 spiro atoms. The van der Waals surface area contributed by atoms with Crippen molar-refractivity contribution in [1.29, 1.82) is 0 Å². The summed E-state index contributed by atoms with van der Waals surface area (Å²) in [5.74, 6) is 0.620. The molecule has 2 rings (SSSR count). The average molecular weight is 304 g/mol. The van der Waals surface area contributed by atoms with Gasteiger partial charge in [0.05, 0.1) is 12.1 Å². The van der Waals surface area contributed by atoms with E-state index in [-0.39, 0.29) is 6.09 Å². The molecule has 2 aromatic rings. The Balaban J connectivity index is 2.21. The summed E-state index contributed by atoms with van der Waals surface area (Å²) in [6, 6.07) is 8.09. The molecule has 0 saturated carbocycles. The zero-order valence-electron chi connectivity index (χ0n) is 12.8. The van der Waals surface area contributed by atoms with Gasteiger partial charge in [-0.15, -0.1) is 11.3 Å². The van der Waals surface area contributed by atoms with Gasteiger partial charge in [0.15, 0.2) is 0 Å². The summed E-state index contributed by atoms with van der Waals surface area (Å²) in [4.78, 5) is 18.2. The van der Waals surface area contributed by atoms with Crippen LogP contribution in [0.1, 0.15) is 31.9 Å². The van der Waals surface area contributed by atoms with Gasteiger partial charge in [0.25, 0.3) is 0 Å². The van der Waals surface area contributed by atoms with Crippen LogP contribution >= 0.6 is 11.3 Å². The Morgan fingerprint density at radius 3 is 2.48 bits per heavy atom. The molecular formula is C16H20N2O2S. The molecule has 0 saturated heterocycles. The lowest BCUT2D eigenvalue weighted by molar-refractivity contribution is 0.0576. The van der Waals surface area contributed by atoms with Crippen LogP contribution in [0.15, 0.2) is 35.2 Å². The molecule has 0 N–H and O–H groups in total. The second-order valence-corrected chi connectivity index (χ2v) is 6.62. The zero-order chi connectivity index (χ0) is 15.5. The van der Waals surface area contributed by atoms with E-state index in [1.165, 1.54) is 16.9 Å². The minimum Gasteiger partial charge on any atom is -0.443 e. The van der Waals surface area contributed by atoms with Gasteiger partial charge in [-0.3, -0.25) is 4.90 Å². The van der Waals surface area contributed by atoms with E-state index >= 15 is 0 Å². The van der Waals surface area contributed by atoms with E-state index in [2.05, 4.69) is 4.98 Å². The van der Waals surface area contributed by atoms with Crippen molar-refractivity contribution in [2.45, 2.75) is 39.8 Å². The second-order valence-electron chi connectivity index (χ2n) is 5.90. The van der Waals surface area contributed by atoms with Crippen LogP contribution < -0.4 is 4.90 Å². The topological polar surface area (TPSA) is 42.4 Å². The highest BCUT2D eigenvalue weighted by Crippen LogP contribution is 2.21. The van der Waals surface area contributed by atoms with Gasteiger partial charge in [-0.25, -0.2) is 9.78 Å². The quantitative estimate of drug-likeness (QED) is 0.844. The Morgan fingerprint density at radius 2 is 1.95 bits per heavy atom. The number of amides is 1. The summed E-state index contributed by atoms with van der Waals surface area (Å²) in [7, 11) is 0. The minimum absolute atomic E-state index is 0.381. The molecule has 1 amide bonds. The summed E-state index contributed by atoms with van der Waals surface area (Å²) < 4.78 is 5.47. The van der Waals surface area contributed by atoms with Crippen molar-refractivity contribution in [3.05, 3.63) is 46.3 Å². The van der Waals surface area contributed by atoms with E-state index in [9.17, 15) is 4.79 Å². The molecule has 0 fully saturated rings. The molecule has 0 bridgehead atoms. The van der Waals surface area contributed by atoms with Crippen molar-refractivity contribution in [1.82, 2.24) is 4.98 Å². The molecule has 0 aliphatic rings. The van der Waals surface area contributed by atoms with Crippen molar-refractivity contribution in [3.63, 3.8) is 0 Å². The van der Waals surface area contributed by atoms with Crippen LogP contribution in [-0.4, -0.2) is 16.7 Å². The number of thiazole rings is 1. The van der Waals surface area contributed by atoms with Crippen molar-refractivity contribution in [2.75, 3.05) is 4.90 Å². The predicted octanol–water partition coefficient (Wildman–Crippen LogP) is 4.39. The Kier molecular flexibility index (Phi) is 4.63. The van der Waals surface area contributed by atoms with Gasteiger partial charge in [0.2, 0.25) is 0 Å². The first-order valence-electron chi connectivity index (χ1n) is 6.79. The van der Waals surface area contributed by atoms with E-state index in [4.69, 9.17) is 4.74 Å². The number of nitrogens with zero attached hydrogens (tertiary/aromatic N) is 2. The normalized spacial score (nSPS) is 11.2. The number of ether oxygens (including phenoxy) is 1. The van der Waals surface area contributed by atoms with Crippen LogP contribution in [0, 0.1) is 6.92 Å². The van der Waals surface area contributed by atoms with Gasteiger partial charge in [0, 0.05) is 5.38 Å². The van der Waals surface area contributed by atoms with E-state index in [1.54, 1.807) is 10.4 Å². The molecule has 1 aromatic carbocycles. The number of carbonyl (C=O) groups is 1. The van der Waals surface area contributed by atoms with Gasteiger partial charge in [-0.05, 0) is 33.3 Å². The largest absolute Gasteiger partial charge is 0.443 e. The van der Waals surface area contributed by atoms with Crippen molar-refractivity contribution in [2.24, 2.45) is 0 Å². The molecule has 1 aromatic heterocycles. The third-order valence-corrected chi connectivity index (χ3v) is 3.35. The summed E-state index contributed by atoms with van der Waals surface area (Å²) >= 11 is 1.46. The third-order valence-electron chi connectivity index (χ3n) is 2.77. The molecule has 0 atom stereocenters. The minimum atomic E-state index is -0.529. The van der Waals surface area contributed by atoms with Gasteiger partial charge in [-0.2, -0.15) is 0 Å². The van der Waals surface area contributed by atoms with Crippen LogP contribution in [-0.2, 0) is 11.3 Å². The van der Waals surface area contributed by atoms with E-state index in [0.29, 0.717) is 12.4 Å². The molecular weight excluding hydrogens is 284 g/mol. The van der Waals surface area contributed by atoms with Crippen LogP contribution in [0.3, 0.4) is 0 Å². The maximum absolute atomic E-state index is 12.4. The number of benzene rings is 1. The average Bonchev–Trinajstić information content (AvgIpc) is 2.89. The Hall–Kier alpha value is -1.88. The third kappa shape index (κ3) is 4.56. The lowest BCUT2D eigenvalue weighted by atomic mass is 10.1. The van der Waals surface area contributed by atoms with E-state index in [0.717, 1.165) is 5.56 Å². The smallest absolute Gasteiger partial charge is 0.416 e. The summed E-state index contributed by atoms with van der Waals surface area (Å²) in [6.07, 6.45) is -0.381. The fourth-order valence-corrected chi connectivity index (χ4v) is 2.31. The molecule has 21 heavy (non-hydrogen) atoms. The van der Waals surface area contributed by atoms with E-state index < -0.39 is 5.60 Å². The number of hydrogen-bond donors (Lipinski definition) is 0. The highest BCUT2D eigenvalue weighted by atomic mass is 32.1. The standard InChI is InChI=1S/C16H20N2O2S/c1-12-5-7-13(8-6-12)9-18(14-10-21-11-17-14)15(19)20-16(2,3)4/h5-8,10-11H,9H2,1-4H3. The SMILES string of the molecule is Cc1ccc(CN(C(=O)OC(C)(C)C)c2cscn2)cc1. The fourth-order valence-electron chi connectivity index (χ4n) is 1.77. The van der Waals surface area contributed by atoms with Crippen LogP contribution in [0.25, 0.3) is 0 Å². The van der Waals surface area contributed by atoms with Gasteiger partial charge >= 0.3 is 6.09 Å². The molecule has 0 radical (unpaired) electrons. The van der Waals surface area contributed by atoms with Crippen LogP contribution in [0.4, 0.5) is 10.6 Å². The zero-order valence-corrected chi connectivity index (χ0v) is 13.6. The molecule has 0 aliphatic heterocycles. The first-order chi connectivity index (χ1) is 9.85. The van der Waals surface area contributed by atoms with Gasteiger partial charge in [-0.1, -0.05) is 29.8 Å². The molecule has 0 unspecified atom stereocenters. The Bertz CT molecular complexity index is 586. The number of anilines is 1. The highest BCUT2D eigenvalue weighted by Gasteiger charge is 2.24. The lowest BCUT2D eigenvalue weighted by Crippen LogP contribution is -2.36. The number of rotatable bonds is 3. The van der Waals surface area contributed by atoms with Gasteiger partial charge in [0.1, 0.15) is 11.4 Å². The Morgan fingerprint density at radius 1 is 1.29 bits per heavy atom. The number of carbonyl (C=O) groups excluding carboxylic acids is 1. The number of hydrogen-bond acceptors (Lipinski definition) is 4. The molecule has 4 nitrogen and oxygen atoms in total. The second kappa shape index (κ2) is 6.26. The number of aromatic nitrogens is 1. The molecule has 5 heteroatoms. The Labute approximate surface area is 129 Å². The fraction of sp³-hybridized carbons (Fsp3) is 0.375. The molecule has 0 aliphatic carbocycles. The lowest BCUT2D eigenvalue weighted by Gasteiger charge is -2.26. The van der Waals surface area contributed by atoms with Crippen LogP contribution in [0.5, 0.6) is 0 Å². The van der Waals surface area contributed by atoms with Crippen molar-refractivity contribution < 1.29 is 9.53 Å². The summed E-state index contributed by atoms with van der Waals surface area (Å²) in [5.41, 5.74) is 3.41. The van der Waals surface area contributed by atoms with Crippen LogP contribution in [0.2, 0.25) is 0 Å². The number of aryl methyl sites for hydroxylation is 1. The van der Waals surface area contributed by atoms with Crippen molar-refractivity contribution >= 4 is 23.2 Å². The first kappa shape index (κ1) is 15.5. The summed E-state index contributed by atoms with van der Waals surface area (Å²) in [5, 5.41) is 1.85. The van der Waals surface area contributed by atoms with Crippen molar-refractivity contribution in [3.8, 4) is 0 Å². The van der Waals surface area contributed by atoms with E-state index in [1.807, 2.05) is 57.3 Å².